The third-order valence-electron chi connectivity index (χ3n) is 3.52. The first-order valence-electron chi connectivity index (χ1n) is 8.49. The van der Waals surface area contributed by atoms with Crippen LogP contribution in [-0.4, -0.2) is 44.8 Å². The van der Waals surface area contributed by atoms with Crippen LogP contribution in [0.3, 0.4) is 0 Å². The van der Waals surface area contributed by atoms with Gasteiger partial charge in [0, 0.05) is 17.9 Å². The molecule has 0 aliphatic heterocycles. The highest BCUT2D eigenvalue weighted by molar-refractivity contribution is 5.98. The Kier molecular flexibility index (Phi) is 6.27. The number of nitrogens with one attached hydrogen (secondary N) is 2. The number of aryl methyl sites for hydroxylation is 2. The van der Waals surface area contributed by atoms with Gasteiger partial charge >= 0.3 is 12.0 Å². The van der Waals surface area contributed by atoms with E-state index in [9.17, 15) is 14.4 Å². The van der Waals surface area contributed by atoms with Crippen molar-refractivity contribution in [1.82, 2.24) is 25.4 Å². The van der Waals surface area contributed by atoms with Crippen LogP contribution in [0.5, 0.6) is 0 Å². The molecule has 27 heavy (non-hydrogen) atoms. The largest absolute Gasteiger partial charge is 0.449 e. The monoisotopic (exact) mass is 373 g/mol. The van der Waals surface area contributed by atoms with Gasteiger partial charge < -0.3 is 10.1 Å². The minimum atomic E-state index is -1.13. The fraction of sp³-hybridized carbons (Fsp3) is 0.389. The fourth-order valence-corrected chi connectivity index (χ4v) is 2.29. The molecule has 9 nitrogen and oxygen atoms in total. The van der Waals surface area contributed by atoms with Crippen molar-refractivity contribution in [2.45, 2.75) is 46.8 Å². The second-order valence-corrected chi connectivity index (χ2v) is 6.41. The van der Waals surface area contributed by atoms with Crippen molar-refractivity contribution in [2.75, 3.05) is 0 Å². The summed E-state index contributed by atoms with van der Waals surface area (Å²) in [6.45, 7) is 8.68. The SMILES string of the molecule is Cc1cc(C)n(-c2ccc(C(=O)OC(C)C(=O)NC(=O)NC(C)C)cn2)n1. The van der Waals surface area contributed by atoms with Crippen molar-refractivity contribution < 1.29 is 19.1 Å². The number of carbonyl (C=O) groups excluding carboxylic acids is 3. The number of aromatic nitrogens is 3. The van der Waals surface area contributed by atoms with Crippen LogP contribution in [0.4, 0.5) is 4.79 Å². The van der Waals surface area contributed by atoms with Crippen LogP contribution in [0, 0.1) is 13.8 Å². The molecule has 2 rings (SSSR count). The molecule has 3 amide bonds. The minimum absolute atomic E-state index is 0.123. The number of ether oxygens (including phenoxy) is 1. The maximum atomic E-state index is 12.2. The molecule has 0 bridgehead atoms. The molecule has 144 valence electrons. The molecule has 1 unspecified atom stereocenters. The fourth-order valence-electron chi connectivity index (χ4n) is 2.29. The molecule has 2 aromatic heterocycles. The molecule has 0 saturated heterocycles. The Hall–Kier alpha value is -3.23. The zero-order chi connectivity index (χ0) is 20.1. The summed E-state index contributed by atoms with van der Waals surface area (Å²) < 4.78 is 6.74. The quantitative estimate of drug-likeness (QED) is 0.770. The summed E-state index contributed by atoms with van der Waals surface area (Å²) in [6.07, 6.45) is 0.218. The summed E-state index contributed by atoms with van der Waals surface area (Å²) in [6, 6.07) is 4.32. The van der Waals surface area contributed by atoms with Crippen molar-refractivity contribution in [3.8, 4) is 5.82 Å². The van der Waals surface area contributed by atoms with Gasteiger partial charge in [-0.3, -0.25) is 10.1 Å². The molecule has 1 atom stereocenters. The van der Waals surface area contributed by atoms with E-state index in [-0.39, 0.29) is 11.6 Å². The number of hydrogen-bond donors (Lipinski definition) is 2. The van der Waals surface area contributed by atoms with Crippen LogP contribution >= 0.6 is 0 Å². The first-order chi connectivity index (χ1) is 12.7. The van der Waals surface area contributed by atoms with Crippen molar-refractivity contribution in [3.63, 3.8) is 0 Å². The van der Waals surface area contributed by atoms with Crippen molar-refractivity contribution in [1.29, 1.82) is 0 Å². The predicted octanol–water partition coefficient (Wildman–Crippen LogP) is 1.66. The lowest BCUT2D eigenvalue weighted by Gasteiger charge is -2.14. The molecule has 0 aliphatic carbocycles. The number of urea groups is 1. The minimum Gasteiger partial charge on any atom is -0.449 e. The van der Waals surface area contributed by atoms with Gasteiger partial charge in [0.05, 0.1) is 11.3 Å². The Labute approximate surface area is 157 Å². The van der Waals surface area contributed by atoms with E-state index >= 15 is 0 Å². The molecule has 9 heteroatoms. The van der Waals surface area contributed by atoms with Crippen molar-refractivity contribution >= 4 is 17.9 Å². The van der Waals surface area contributed by atoms with Gasteiger partial charge in [0.2, 0.25) is 0 Å². The van der Waals surface area contributed by atoms with Crippen LogP contribution in [0.15, 0.2) is 24.4 Å². The van der Waals surface area contributed by atoms with Gasteiger partial charge in [0.15, 0.2) is 11.9 Å². The molecular weight excluding hydrogens is 350 g/mol. The third kappa shape index (κ3) is 5.37. The lowest BCUT2D eigenvalue weighted by atomic mass is 10.3. The zero-order valence-corrected chi connectivity index (χ0v) is 15.9. The maximum absolute atomic E-state index is 12.2. The van der Waals surface area contributed by atoms with Crippen LogP contribution in [0.2, 0.25) is 0 Å². The summed E-state index contributed by atoms with van der Waals surface area (Å²) in [5.41, 5.74) is 1.96. The lowest BCUT2D eigenvalue weighted by Crippen LogP contribution is -2.46. The number of rotatable bonds is 5. The highest BCUT2D eigenvalue weighted by atomic mass is 16.5. The molecular formula is C18H23N5O4. The molecule has 2 aromatic rings. The summed E-state index contributed by atoms with van der Waals surface area (Å²) >= 11 is 0. The van der Waals surface area contributed by atoms with Crippen LogP contribution in [0.1, 0.15) is 42.5 Å². The molecule has 0 spiro atoms. The Morgan fingerprint density at radius 1 is 1.15 bits per heavy atom. The van der Waals surface area contributed by atoms with Gasteiger partial charge in [-0.1, -0.05) is 0 Å². The van der Waals surface area contributed by atoms with E-state index < -0.39 is 24.0 Å². The molecule has 0 aliphatic rings. The average molecular weight is 373 g/mol. The Morgan fingerprint density at radius 3 is 2.37 bits per heavy atom. The number of nitrogens with zero attached hydrogens (tertiary/aromatic N) is 3. The first-order valence-corrected chi connectivity index (χ1v) is 8.49. The van der Waals surface area contributed by atoms with Gasteiger partial charge in [-0.15, -0.1) is 0 Å². The molecule has 0 radical (unpaired) electrons. The molecule has 0 aromatic carbocycles. The van der Waals surface area contributed by atoms with Gasteiger partial charge in [-0.25, -0.2) is 19.3 Å². The van der Waals surface area contributed by atoms with E-state index in [0.717, 1.165) is 11.4 Å². The Morgan fingerprint density at radius 2 is 1.85 bits per heavy atom. The Bertz CT molecular complexity index is 842. The van der Waals surface area contributed by atoms with Gasteiger partial charge in [0.25, 0.3) is 5.91 Å². The number of hydrogen-bond acceptors (Lipinski definition) is 6. The molecule has 2 N–H and O–H groups in total. The Balaban J connectivity index is 1.98. The van der Waals surface area contributed by atoms with Crippen molar-refractivity contribution in [2.24, 2.45) is 0 Å². The zero-order valence-electron chi connectivity index (χ0n) is 15.9. The summed E-state index contributed by atoms with van der Waals surface area (Å²) in [4.78, 5) is 39.8. The van der Waals surface area contributed by atoms with E-state index in [1.54, 1.807) is 24.6 Å². The number of pyridine rings is 1. The van der Waals surface area contributed by atoms with E-state index in [2.05, 4.69) is 20.7 Å². The van der Waals surface area contributed by atoms with Crippen LogP contribution < -0.4 is 10.6 Å². The van der Waals surface area contributed by atoms with E-state index in [4.69, 9.17) is 4.74 Å². The summed E-state index contributed by atoms with van der Waals surface area (Å²) in [7, 11) is 0. The molecule has 2 heterocycles. The first kappa shape index (κ1) is 20.1. The summed E-state index contributed by atoms with van der Waals surface area (Å²) in [5.74, 6) is -0.864. The number of amides is 3. The maximum Gasteiger partial charge on any atom is 0.340 e. The van der Waals surface area contributed by atoms with E-state index in [0.29, 0.717) is 5.82 Å². The molecule has 0 saturated carbocycles. The van der Waals surface area contributed by atoms with E-state index in [1.807, 2.05) is 19.9 Å². The van der Waals surface area contributed by atoms with Crippen LogP contribution in [-0.2, 0) is 9.53 Å². The number of esters is 1. The number of imide groups is 1. The standard InChI is InChI=1S/C18H23N5O4/c1-10(2)20-18(26)21-16(24)13(5)27-17(25)14-6-7-15(19-9-14)23-12(4)8-11(3)22-23/h6-10,13H,1-5H3,(H2,20,21,24,26). The third-order valence-corrected chi connectivity index (χ3v) is 3.52. The highest BCUT2D eigenvalue weighted by Crippen LogP contribution is 2.11. The predicted molar refractivity (Wildman–Crippen MR) is 97.5 cm³/mol. The average Bonchev–Trinajstić information content (AvgIpc) is 2.92. The van der Waals surface area contributed by atoms with Crippen molar-refractivity contribution in [3.05, 3.63) is 41.3 Å². The topological polar surface area (TPSA) is 115 Å². The highest BCUT2D eigenvalue weighted by Gasteiger charge is 2.21. The normalized spacial score (nSPS) is 11.8. The molecule has 0 fully saturated rings. The van der Waals surface area contributed by atoms with Crippen LogP contribution in [0.25, 0.3) is 5.82 Å². The second kappa shape index (κ2) is 8.43. The lowest BCUT2D eigenvalue weighted by molar-refractivity contribution is -0.127. The second-order valence-electron chi connectivity index (χ2n) is 6.41. The smallest absolute Gasteiger partial charge is 0.340 e. The van der Waals surface area contributed by atoms with Gasteiger partial charge in [-0.05, 0) is 52.8 Å². The summed E-state index contributed by atoms with van der Waals surface area (Å²) in [5, 5.41) is 8.95. The van der Waals surface area contributed by atoms with Gasteiger partial charge in [-0.2, -0.15) is 5.10 Å². The van der Waals surface area contributed by atoms with Gasteiger partial charge in [0.1, 0.15) is 0 Å². The number of carbonyl (C=O) groups is 3. The van der Waals surface area contributed by atoms with E-state index in [1.165, 1.54) is 19.2 Å².